The van der Waals surface area contributed by atoms with Gasteiger partial charge in [-0.15, -0.1) is 0 Å². The van der Waals surface area contributed by atoms with Crippen LogP contribution in [0, 0.1) is 42.4 Å². The Balaban J connectivity index is 0.000000117. The molecule has 0 spiro atoms. The van der Waals surface area contributed by atoms with Crippen LogP contribution >= 0.6 is 0 Å². The normalized spacial score (nSPS) is 10.6. The Labute approximate surface area is 875 Å². The van der Waals surface area contributed by atoms with Crippen LogP contribution < -0.4 is 19.6 Å². The van der Waals surface area contributed by atoms with Gasteiger partial charge in [-0.2, -0.15) is 10.5 Å². The molecule has 0 heterocycles. The molecular weight excluding hydrogens is 1820 g/mol. The maximum absolute atomic E-state index is 9.47. The van der Waals surface area contributed by atoms with E-state index in [0.29, 0.717) is 28.2 Å². The molecule has 704 valence electrons. The highest BCUT2D eigenvalue weighted by Gasteiger charge is 2.23. The smallest absolute Gasteiger partial charge is 0.210 e. The molecule has 0 unspecified atom stereocenters. The second kappa shape index (κ2) is 45.1. The molecule has 24 aromatic rings. The first-order valence-electron chi connectivity index (χ1n) is 49.7. The summed E-state index contributed by atoms with van der Waals surface area (Å²) in [6, 6.07) is 203. The van der Waals surface area contributed by atoms with Gasteiger partial charge in [0, 0.05) is 62.6 Å². The van der Waals surface area contributed by atoms with Crippen LogP contribution in [0.4, 0.5) is 85.3 Å². The quantitative estimate of drug-likeness (QED) is 0.0708. The number of fused-ring (bicyclic) bond motifs is 4. The van der Waals surface area contributed by atoms with E-state index in [1.165, 1.54) is 115 Å². The van der Waals surface area contributed by atoms with Gasteiger partial charge in [-0.3, -0.25) is 0 Å². The van der Waals surface area contributed by atoms with Crippen molar-refractivity contribution in [3.05, 3.63) is 622 Å². The second-order valence-corrected chi connectivity index (χ2v) is 36.2. The fourth-order valence-corrected chi connectivity index (χ4v) is 19.5. The molecule has 24 rings (SSSR count). The number of hydrogen-bond acceptors (Lipinski definition) is 6. The molecular formula is C141H95N9. The Morgan fingerprint density at radius 1 is 0.153 bits per heavy atom. The van der Waals surface area contributed by atoms with E-state index in [4.69, 9.17) is 19.7 Å². The molecule has 0 aliphatic rings. The van der Waals surface area contributed by atoms with E-state index in [-0.39, 0.29) is 0 Å². The van der Waals surface area contributed by atoms with Crippen molar-refractivity contribution in [1.29, 1.82) is 10.5 Å². The molecule has 0 radical (unpaired) electrons. The van der Waals surface area contributed by atoms with Crippen LogP contribution in [0.2, 0.25) is 0 Å². The first-order chi connectivity index (χ1) is 74.1. The van der Waals surface area contributed by atoms with Gasteiger partial charge in [-0.05, 0) is 338 Å². The third-order valence-corrected chi connectivity index (χ3v) is 26.9. The molecule has 0 aliphatic carbocycles. The van der Waals surface area contributed by atoms with Gasteiger partial charge in [0.15, 0.2) is 11.4 Å². The maximum atomic E-state index is 9.47. The fourth-order valence-electron chi connectivity index (χ4n) is 19.5. The highest BCUT2D eigenvalue weighted by molar-refractivity contribution is 6.02. The fraction of sp³-hybridized carbons (Fsp3) is 0. The molecule has 0 amide bonds. The van der Waals surface area contributed by atoms with Gasteiger partial charge in [0.2, 0.25) is 5.69 Å². The summed E-state index contributed by atoms with van der Waals surface area (Å²) in [6.07, 6.45) is 0. The zero-order chi connectivity index (χ0) is 102. The number of hydrogen-bond donors (Lipinski definition) is 0. The lowest BCUT2D eigenvalue weighted by Gasteiger charge is -2.27. The summed E-state index contributed by atoms with van der Waals surface area (Å²) in [7, 11) is 0. The summed E-state index contributed by atoms with van der Waals surface area (Å²) < 4.78 is 0. The van der Waals surface area contributed by atoms with Gasteiger partial charge in [-0.25, -0.2) is 14.5 Å². The van der Waals surface area contributed by atoms with Gasteiger partial charge >= 0.3 is 0 Å². The Hall–Kier alpha value is -21.0. The molecule has 0 bridgehead atoms. The minimum absolute atomic E-state index is 0.596. The van der Waals surface area contributed by atoms with E-state index in [0.717, 1.165) is 84.9 Å². The Morgan fingerprint density at radius 2 is 0.353 bits per heavy atom. The van der Waals surface area contributed by atoms with Crippen molar-refractivity contribution < 1.29 is 0 Å². The summed E-state index contributed by atoms with van der Waals surface area (Å²) in [5.41, 5.74) is 34.1. The van der Waals surface area contributed by atoms with Gasteiger partial charge in [-0.1, -0.05) is 370 Å². The Bertz CT molecular complexity index is 9050. The van der Waals surface area contributed by atoms with E-state index < -0.39 is 0 Å². The molecule has 0 fully saturated rings. The summed E-state index contributed by atoms with van der Waals surface area (Å²) in [6.45, 7) is 22.3. The average Bonchev–Trinajstić information content (AvgIpc) is 0.778. The van der Waals surface area contributed by atoms with Crippen LogP contribution in [0.1, 0.15) is 11.1 Å². The van der Waals surface area contributed by atoms with E-state index in [2.05, 4.69) is 441 Å². The summed E-state index contributed by atoms with van der Waals surface area (Å²) in [5, 5.41) is 28.5. The molecule has 0 saturated carbocycles. The lowest BCUT2D eigenvalue weighted by Crippen LogP contribution is -2.09. The summed E-state index contributed by atoms with van der Waals surface area (Å²) in [5.74, 6) is 0. The Kier molecular flexibility index (Phi) is 28.6. The van der Waals surface area contributed by atoms with E-state index in [1.807, 2.05) is 182 Å². The maximum Gasteiger partial charge on any atom is 0.210 e. The topological polar surface area (TPSA) is 73.6 Å². The Morgan fingerprint density at radius 3 is 0.613 bits per heavy atom. The van der Waals surface area contributed by atoms with Gasteiger partial charge < -0.3 is 19.6 Å². The number of para-hydroxylation sites is 5. The second-order valence-electron chi connectivity index (χ2n) is 36.2. The predicted octanol–water partition coefficient (Wildman–Crippen LogP) is 40.0. The predicted molar refractivity (Wildman–Crippen MR) is 626 cm³/mol. The summed E-state index contributed by atoms with van der Waals surface area (Å²) >= 11 is 0. The molecule has 0 aromatic heterocycles. The monoisotopic (exact) mass is 1910 g/mol. The van der Waals surface area contributed by atoms with E-state index in [9.17, 15) is 10.5 Å². The first-order valence-corrected chi connectivity index (χ1v) is 49.7. The first kappa shape index (κ1) is 95.2. The van der Waals surface area contributed by atoms with Crippen LogP contribution in [0.15, 0.2) is 576 Å². The van der Waals surface area contributed by atoms with Gasteiger partial charge in [0.1, 0.15) is 0 Å². The number of nitrogens with zero attached hydrogens (tertiary/aromatic N) is 9. The highest BCUT2D eigenvalue weighted by atomic mass is 15.2. The van der Waals surface area contributed by atoms with Crippen molar-refractivity contribution in [2.75, 3.05) is 19.6 Å². The van der Waals surface area contributed by atoms with Crippen molar-refractivity contribution >= 4 is 128 Å². The van der Waals surface area contributed by atoms with Crippen LogP contribution in [-0.2, 0) is 0 Å². The average molecular weight is 1920 g/mol. The van der Waals surface area contributed by atoms with Crippen LogP contribution in [0.3, 0.4) is 0 Å². The minimum atomic E-state index is 0.596. The van der Waals surface area contributed by atoms with Gasteiger partial charge in [0.25, 0.3) is 0 Å². The van der Waals surface area contributed by atoms with Crippen LogP contribution in [0.25, 0.3) is 147 Å². The number of rotatable bonds is 20. The zero-order valence-electron chi connectivity index (χ0n) is 81.9. The lowest BCUT2D eigenvalue weighted by atomic mass is 9.91. The zero-order valence-corrected chi connectivity index (χ0v) is 81.9. The largest absolute Gasteiger partial charge is 0.320 e. The molecule has 0 aliphatic heterocycles. The summed E-state index contributed by atoms with van der Waals surface area (Å²) in [4.78, 5) is 19.6. The van der Waals surface area contributed by atoms with E-state index >= 15 is 0 Å². The molecule has 150 heavy (non-hydrogen) atoms. The molecule has 0 N–H and O–H groups in total. The number of anilines is 12. The molecule has 0 saturated heterocycles. The molecule has 24 aromatic carbocycles. The van der Waals surface area contributed by atoms with Crippen LogP contribution in [-0.4, -0.2) is 0 Å². The lowest BCUT2D eigenvalue weighted by molar-refractivity contribution is 1.28. The molecule has 9 heteroatoms. The number of nitriles is 2. The highest BCUT2D eigenvalue weighted by Crippen LogP contribution is 2.48. The molecule has 9 nitrogen and oxygen atoms in total. The van der Waals surface area contributed by atoms with Gasteiger partial charge in [0.05, 0.1) is 48.7 Å². The molecule has 0 atom stereocenters. The van der Waals surface area contributed by atoms with E-state index in [1.54, 1.807) is 0 Å². The third-order valence-electron chi connectivity index (χ3n) is 26.9. The minimum Gasteiger partial charge on any atom is -0.320 e. The van der Waals surface area contributed by atoms with Crippen molar-refractivity contribution in [2.45, 2.75) is 0 Å². The van der Waals surface area contributed by atoms with Crippen molar-refractivity contribution in [2.24, 2.45) is 0 Å². The van der Waals surface area contributed by atoms with Crippen molar-refractivity contribution in [1.82, 2.24) is 0 Å². The number of benzene rings is 24. The SMILES string of the molecule is N#Cc1cccc(N(c2ccccc2)c2ccc(-c3cc4ccccc4cc3-c3ccccc3)cc2)c1.[C-]#[N+]c1ccc(N(c2ccc(C#N)cc2)c2ccc(-c3cc4ccccc4cc3-c3ccccc3)cc2)cc1.[C-]#[N+]c1ccc(N(c2ccccc2)c2ccc(-c3cc4ccccc4cc3-c3ccccc3)cc2)cc1.[C-]#[N+]c1ccccc1N(c1ccccc1)c1ccc(-c2cc3ccccc3cc2-c2ccccc2)cc1. The third kappa shape index (κ3) is 21.2. The standard InChI is InChI=1S/C36H23N3.3C35H24N2/c1-38-31-15-21-34(22-16-31)39(32-17-11-26(25-37)12-18-32)33-19-13-28(14-20-33)36-24-30-10-6-5-9-29(30)23-35(36)27-7-3-2-4-8-27;1-36-34-18-10-11-19-35(34)37(30-16-6-3-7-17-30)31-22-20-27(21-23-31)33-25-29-15-9-8-14-28(29)24-32(33)26-12-4-2-5-13-26;1-36-30-18-22-33(23-19-30)37(31-14-6-3-7-15-31)32-20-16-27(17-21-32)35-25-29-13-9-8-12-28(29)24-34(35)26-10-4-2-5-11-26;36-25-26-10-9-17-33(22-26)37(31-15-5-2-6-16-31)32-20-18-28(19-21-32)35-24-30-14-8-7-13-29(30)23-34(35)27-11-3-1-4-12-27/h2-24H;2*2-25H;1-24H. The van der Waals surface area contributed by atoms with Crippen molar-refractivity contribution in [3.8, 4) is 101 Å². The van der Waals surface area contributed by atoms with Crippen molar-refractivity contribution in [3.63, 3.8) is 0 Å². The van der Waals surface area contributed by atoms with Crippen LogP contribution in [0.5, 0.6) is 0 Å².